The number of hydrogen-bond donors (Lipinski definition) is 1. The number of benzene rings is 1. The molecule has 0 fully saturated rings. The van der Waals surface area contributed by atoms with Crippen molar-refractivity contribution in [1.82, 2.24) is 14.5 Å². The highest BCUT2D eigenvalue weighted by Crippen LogP contribution is 2.26. The molecule has 1 aromatic carbocycles. The topological polar surface area (TPSA) is 42.7 Å². The van der Waals surface area contributed by atoms with E-state index in [0.717, 1.165) is 34.8 Å². The molecule has 0 spiro atoms. The fourth-order valence-electron chi connectivity index (χ4n) is 2.43. The fraction of sp³-hybridized carbons (Fsp3) is 0.200. The molecule has 0 aliphatic heterocycles. The van der Waals surface area contributed by atoms with E-state index in [2.05, 4.69) is 38.9 Å². The SMILES string of the molecule is Cc1cc2cccc(Cl)c2n1CCNc1cc(Cl)ncn1. The van der Waals surface area contributed by atoms with Gasteiger partial charge in [-0.05, 0) is 19.1 Å². The number of rotatable bonds is 4. The van der Waals surface area contributed by atoms with Gasteiger partial charge in [-0.2, -0.15) is 0 Å². The van der Waals surface area contributed by atoms with Crippen molar-refractivity contribution >= 4 is 39.9 Å². The zero-order valence-electron chi connectivity index (χ0n) is 11.5. The minimum atomic E-state index is 0.429. The highest BCUT2D eigenvalue weighted by atomic mass is 35.5. The van der Waals surface area contributed by atoms with Gasteiger partial charge in [0.05, 0.1) is 10.5 Å². The average molecular weight is 321 g/mol. The van der Waals surface area contributed by atoms with Crippen molar-refractivity contribution in [3.63, 3.8) is 0 Å². The molecule has 0 saturated heterocycles. The number of nitrogens with zero attached hydrogens (tertiary/aromatic N) is 3. The van der Waals surface area contributed by atoms with Gasteiger partial charge in [0.2, 0.25) is 0 Å². The van der Waals surface area contributed by atoms with E-state index in [1.807, 2.05) is 12.1 Å². The molecule has 1 N–H and O–H groups in total. The van der Waals surface area contributed by atoms with Gasteiger partial charge in [-0.3, -0.25) is 0 Å². The summed E-state index contributed by atoms with van der Waals surface area (Å²) < 4.78 is 2.20. The molecule has 2 heterocycles. The second-order valence-corrected chi connectivity index (χ2v) is 5.56. The van der Waals surface area contributed by atoms with Crippen LogP contribution in [0.25, 0.3) is 10.9 Å². The molecule has 0 amide bonds. The van der Waals surface area contributed by atoms with Gasteiger partial charge in [0, 0.05) is 30.2 Å². The number of nitrogens with one attached hydrogen (secondary N) is 1. The van der Waals surface area contributed by atoms with Crippen LogP contribution in [-0.4, -0.2) is 21.1 Å². The molecule has 2 aromatic heterocycles. The van der Waals surface area contributed by atoms with Crippen molar-refractivity contribution < 1.29 is 0 Å². The lowest BCUT2D eigenvalue weighted by atomic mass is 10.2. The van der Waals surface area contributed by atoms with Crippen molar-refractivity contribution in [2.24, 2.45) is 0 Å². The summed E-state index contributed by atoms with van der Waals surface area (Å²) in [5, 5.41) is 5.59. The van der Waals surface area contributed by atoms with Crippen LogP contribution in [-0.2, 0) is 6.54 Å². The number of aryl methyl sites for hydroxylation is 1. The third-order valence-corrected chi connectivity index (χ3v) is 3.86. The number of aromatic nitrogens is 3. The molecule has 108 valence electrons. The Kier molecular flexibility index (Phi) is 3.99. The van der Waals surface area contributed by atoms with E-state index in [0.29, 0.717) is 5.15 Å². The Labute approximate surface area is 132 Å². The summed E-state index contributed by atoms with van der Waals surface area (Å²) >= 11 is 12.1. The van der Waals surface area contributed by atoms with Gasteiger partial charge >= 0.3 is 0 Å². The van der Waals surface area contributed by atoms with Crippen LogP contribution < -0.4 is 5.32 Å². The van der Waals surface area contributed by atoms with Crippen LogP contribution in [0.4, 0.5) is 5.82 Å². The Morgan fingerprint density at radius 2 is 2.05 bits per heavy atom. The maximum Gasteiger partial charge on any atom is 0.134 e. The molecule has 3 rings (SSSR count). The van der Waals surface area contributed by atoms with Crippen LogP contribution in [0.1, 0.15) is 5.69 Å². The molecule has 4 nitrogen and oxygen atoms in total. The smallest absolute Gasteiger partial charge is 0.134 e. The van der Waals surface area contributed by atoms with Crippen molar-refractivity contribution in [2.75, 3.05) is 11.9 Å². The molecule has 0 aliphatic rings. The number of anilines is 1. The van der Waals surface area contributed by atoms with Gasteiger partial charge in [0.25, 0.3) is 0 Å². The first kappa shape index (κ1) is 14.2. The van der Waals surface area contributed by atoms with E-state index in [-0.39, 0.29) is 0 Å². The normalized spacial score (nSPS) is 11.0. The summed E-state index contributed by atoms with van der Waals surface area (Å²) in [6.07, 6.45) is 1.44. The maximum atomic E-state index is 6.31. The predicted molar refractivity (Wildman–Crippen MR) is 87.2 cm³/mol. The Morgan fingerprint density at radius 1 is 1.19 bits per heavy atom. The zero-order chi connectivity index (χ0) is 14.8. The molecule has 0 radical (unpaired) electrons. The Balaban J connectivity index is 1.78. The summed E-state index contributed by atoms with van der Waals surface area (Å²) in [6.45, 7) is 3.60. The number of hydrogen-bond acceptors (Lipinski definition) is 3. The number of para-hydroxylation sites is 1. The van der Waals surface area contributed by atoms with Crippen molar-refractivity contribution in [3.8, 4) is 0 Å². The molecular weight excluding hydrogens is 307 g/mol. The molecule has 21 heavy (non-hydrogen) atoms. The van der Waals surface area contributed by atoms with Crippen LogP contribution >= 0.6 is 23.2 Å². The monoisotopic (exact) mass is 320 g/mol. The third-order valence-electron chi connectivity index (χ3n) is 3.35. The summed E-state index contributed by atoms with van der Waals surface area (Å²) in [5.41, 5.74) is 2.25. The fourth-order valence-corrected chi connectivity index (χ4v) is 2.86. The van der Waals surface area contributed by atoms with Gasteiger partial charge in [-0.15, -0.1) is 0 Å². The minimum absolute atomic E-state index is 0.429. The lowest BCUT2D eigenvalue weighted by Crippen LogP contribution is -2.12. The summed E-state index contributed by atoms with van der Waals surface area (Å²) in [7, 11) is 0. The van der Waals surface area contributed by atoms with E-state index >= 15 is 0 Å². The van der Waals surface area contributed by atoms with Crippen LogP contribution in [0.2, 0.25) is 10.2 Å². The van der Waals surface area contributed by atoms with E-state index in [1.54, 1.807) is 6.07 Å². The first-order chi connectivity index (χ1) is 10.1. The second-order valence-electron chi connectivity index (χ2n) is 4.77. The summed E-state index contributed by atoms with van der Waals surface area (Å²) in [5.74, 6) is 0.718. The maximum absolute atomic E-state index is 6.31. The number of halogens is 2. The molecule has 0 atom stereocenters. The van der Waals surface area contributed by atoms with Crippen LogP contribution in [0.5, 0.6) is 0 Å². The van der Waals surface area contributed by atoms with E-state index in [1.165, 1.54) is 12.0 Å². The zero-order valence-corrected chi connectivity index (χ0v) is 13.0. The molecular formula is C15H14Cl2N4. The Hall–Kier alpha value is -1.78. The summed E-state index contributed by atoms with van der Waals surface area (Å²) in [6, 6.07) is 9.80. The first-order valence-corrected chi connectivity index (χ1v) is 7.36. The van der Waals surface area contributed by atoms with Crippen LogP contribution in [0.15, 0.2) is 36.7 Å². The predicted octanol–water partition coefficient (Wildman–Crippen LogP) is 4.16. The molecule has 0 bridgehead atoms. The largest absolute Gasteiger partial charge is 0.368 e. The highest BCUT2D eigenvalue weighted by Gasteiger charge is 2.08. The van der Waals surface area contributed by atoms with Gasteiger partial charge in [-0.1, -0.05) is 35.3 Å². The molecule has 0 saturated carbocycles. The average Bonchev–Trinajstić information content (AvgIpc) is 2.76. The second kappa shape index (κ2) is 5.92. The first-order valence-electron chi connectivity index (χ1n) is 6.61. The molecule has 0 aliphatic carbocycles. The summed E-state index contributed by atoms with van der Waals surface area (Å²) in [4.78, 5) is 7.97. The lowest BCUT2D eigenvalue weighted by molar-refractivity contribution is 0.733. The lowest BCUT2D eigenvalue weighted by Gasteiger charge is -2.10. The molecule has 0 unspecified atom stereocenters. The minimum Gasteiger partial charge on any atom is -0.368 e. The van der Waals surface area contributed by atoms with Gasteiger partial charge in [0.15, 0.2) is 0 Å². The van der Waals surface area contributed by atoms with Crippen molar-refractivity contribution in [1.29, 1.82) is 0 Å². The molecule has 3 aromatic rings. The standard InChI is InChI=1S/C15H14Cl2N4/c1-10-7-11-3-2-4-12(16)15(11)21(10)6-5-18-14-8-13(17)19-9-20-14/h2-4,7-9H,5-6H2,1H3,(H,18,19,20). The van der Waals surface area contributed by atoms with E-state index < -0.39 is 0 Å². The van der Waals surface area contributed by atoms with Gasteiger partial charge in [0.1, 0.15) is 17.3 Å². The van der Waals surface area contributed by atoms with Gasteiger partial charge < -0.3 is 9.88 Å². The van der Waals surface area contributed by atoms with Gasteiger partial charge in [-0.25, -0.2) is 9.97 Å². The van der Waals surface area contributed by atoms with Crippen LogP contribution in [0.3, 0.4) is 0 Å². The van der Waals surface area contributed by atoms with E-state index in [9.17, 15) is 0 Å². The third kappa shape index (κ3) is 2.96. The van der Waals surface area contributed by atoms with Crippen LogP contribution in [0, 0.1) is 6.92 Å². The quantitative estimate of drug-likeness (QED) is 0.734. The number of fused-ring (bicyclic) bond motifs is 1. The van der Waals surface area contributed by atoms with E-state index in [4.69, 9.17) is 23.2 Å². The highest BCUT2D eigenvalue weighted by molar-refractivity contribution is 6.35. The Bertz CT molecular complexity index is 782. The Morgan fingerprint density at radius 3 is 2.86 bits per heavy atom. The van der Waals surface area contributed by atoms with Crippen molar-refractivity contribution in [2.45, 2.75) is 13.5 Å². The van der Waals surface area contributed by atoms with Crippen molar-refractivity contribution in [3.05, 3.63) is 52.5 Å². The molecule has 6 heteroatoms.